The Labute approximate surface area is 90.4 Å². The molecule has 1 aromatic carbocycles. The lowest BCUT2D eigenvalue weighted by atomic mass is 10.2. The first-order valence-electron chi connectivity index (χ1n) is 4.13. The van der Waals surface area contributed by atoms with Gasteiger partial charge < -0.3 is 10.6 Å². The second-order valence-electron chi connectivity index (χ2n) is 3.14. The number of anilines is 2. The van der Waals surface area contributed by atoms with Crippen LogP contribution >= 0.6 is 11.6 Å². The normalized spacial score (nSPS) is 11.5. The number of nitrogens with two attached hydrogens (primary N) is 1. The third kappa shape index (κ3) is 3.20. The van der Waals surface area contributed by atoms with Gasteiger partial charge in [0.1, 0.15) is 6.54 Å². The van der Waals surface area contributed by atoms with Crippen molar-refractivity contribution >= 4 is 23.0 Å². The van der Waals surface area contributed by atoms with E-state index < -0.39 is 12.7 Å². The van der Waals surface area contributed by atoms with Crippen molar-refractivity contribution in [1.29, 1.82) is 0 Å². The molecule has 0 saturated carbocycles. The lowest BCUT2D eigenvalue weighted by Gasteiger charge is -2.22. The second-order valence-corrected chi connectivity index (χ2v) is 3.55. The highest BCUT2D eigenvalue weighted by Gasteiger charge is 2.30. The largest absolute Gasteiger partial charge is 0.405 e. The summed E-state index contributed by atoms with van der Waals surface area (Å²) in [6.45, 7) is -1.06. The molecule has 0 aliphatic rings. The van der Waals surface area contributed by atoms with Crippen LogP contribution in [0.4, 0.5) is 24.5 Å². The summed E-state index contributed by atoms with van der Waals surface area (Å²) in [5, 5.41) is 0.251. The molecule has 0 radical (unpaired) electrons. The fourth-order valence-electron chi connectivity index (χ4n) is 1.21. The van der Waals surface area contributed by atoms with E-state index in [2.05, 4.69) is 0 Å². The quantitative estimate of drug-likeness (QED) is 0.803. The van der Waals surface area contributed by atoms with Crippen LogP contribution in [0, 0.1) is 0 Å². The van der Waals surface area contributed by atoms with E-state index in [9.17, 15) is 13.2 Å². The zero-order valence-electron chi connectivity index (χ0n) is 7.98. The lowest BCUT2D eigenvalue weighted by molar-refractivity contribution is -0.119. The molecule has 2 N–H and O–H groups in total. The summed E-state index contributed by atoms with van der Waals surface area (Å²) in [4.78, 5) is 1.02. The molecule has 0 aliphatic carbocycles. The highest BCUT2D eigenvalue weighted by molar-refractivity contribution is 6.33. The first kappa shape index (κ1) is 12.0. The minimum Gasteiger partial charge on any atom is -0.396 e. The molecular formula is C9H10ClF3N2. The summed E-state index contributed by atoms with van der Waals surface area (Å²) in [5.74, 6) is 0. The third-order valence-corrected chi connectivity index (χ3v) is 2.19. The van der Waals surface area contributed by atoms with Crippen molar-refractivity contribution in [2.75, 3.05) is 24.2 Å². The maximum Gasteiger partial charge on any atom is 0.405 e. The van der Waals surface area contributed by atoms with Crippen LogP contribution in [0.3, 0.4) is 0 Å². The predicted molar refractivity (Wildman–Crippen MR) is 55.2 cm³/mol. The Morgan fingerprint density at radius 1 is 1.40 bits per heavy atom. The fraction of sp³-hybridized carbons (Fsp3) is 0.333. The molecule has 15 heavy (non-hydrogen) atoms. The number of hydrogen-bond acceptors (Lipinski definition) is 2. The van der Waals surface area contributed by atoms with Gasteiger partial charge in [0.15, 0.2) is 0 Å². The van der Waals surface area contributed by atoms with Crippen LogP contribution in [-0.4, -0.2) is 19.8 Å². The first-order chi connectivity index (χ1) is 6.81. The van der Waals surface area contributed by atoms with Gasteiger partial charge in [0.05, 0.1) is 16.4 Å². The van der Waals surface area contributed by atoms with Gasteiger partial charge in [-0.05, 0) is 12.1 Å². The number of hydrogen-bond donors (Lipinski definition) is 1. The van der Waals surface area contributed by atoms with Crippen molar-refractivity contribution in [3.63, 3.8) is 0 Å². The van der Waals surface area contributed by atoms with Crippen molar-refractivity contribution in [2.45, 2.75) is 6.18 Å². The first-order valence-corrected chi connectivity index (χ1v) is 4.51. The van der Waals surface area contributed by atoms with Gasteiger partial charge in [0.2, 0.25) is 0 Å². The van der Waals surface area contributed by atoms with Crippen LogP contribution in [0.15, 0.2) is 18.2 Å². The fourth-order valence-corrected chi connectivity index (χ4v) is 1.38. The molecule has 0 saturated heterocycles. The molecule has 2 nitrogen and oxygen atoms in total. The lowest BCUT2D eigenvalue weighted by Crippen LogP contribution is -2.31. The average molecular weight is 239 g/mol. The maximum atomic E-state index is 12.1. The molecule has 0 atom stereocenters. The number of nitrogens with zero attached hydrogens (tertiary/aromatic N) is 1. The van der Waals surface area contributed by atoms with E-state index in [1.807, 2.05) is 0 Å². The minimum absolute atomic E-state index is 0.158. The van der Waals surface area contributed by atoms with Gasteiger partial charge in [-0.15, -0.1) is 0 Å². The molecule has 1 rings (SSSR count). The highest BCUT2D eigenvalue weighted by Crippen LogP contribution is 2.30. The van der Waals surface area contributed by atoms with E-state index in [4.69, 9.17) is 17.3 Å². The molecule has 0 fully saturated rings. The molecule has 0 bridgehead atoms. The standard InChI is InChI=1S/C9H10ClF3N2/c1-15(5-9(11,12)13)7-4-2-3-6(10)8(7)14/h2-4H,5,14H2,1H3. The van der Waals surface area contributed by atoms with Crippen LogP contribution in [0.1, 0.15) is 0 Å². The molecule has 6 heteroatoms. The Hall–Kier alpha value is -1.10. The smallest absolute Gasteiger partial charge is 0.396 e. The molecule has 0 spiro atoms. The molecule has 0 heterocycles. The van der Waals surface area contributed by atoms with Crippen LogP contribution < -0.4 is 10.6 Å². The van der Waals surface area contributed by atoms with Crippen molar-refractivity contribution in [2.24, 2.45) is 0 Å². The van der Waals surface area contributed by atoms with E-state index in [0.29, 0.717) is 0 Å². The summed E-state index contributed by atoms with van der Waals surface area (Å²) in [5.41, 5.74) is 6.00. The zero-order chi connectivity index (χ0) is 11.6. The van der Waals surface area contributed by atoms with Gasteiger partial charge in [-0.2, -0.15) is 13.2 Å². The van der Waals surface area contributed by atoms with Crippen LogP contribution in [0.2, 0.25) is 5.02 Å². The number of nitrogen functional groups attached to an aromatic ring is 1. The summed E-state index contributed by atoms with van der Waals surface area (Å²) in [6.07, 6.45) is -4.26. The van der Waals surface area contributed by atoms with Crippen LogP contribution in [0.5, 0.6) is 0 Å². The van der Waals surface area contributed by atoms with Crippen molar-refractivity contribution < 1.29 is 13.2 Å². The topological polar surface area (TPSA) is 29.3 Å². The van der Waals surface area contributed by atoms with Gasteiger partial charge in [-0.3, -0.25) is 0 Å². The Morgan fingerprint density at radius 3 is 2.53 bits per heavy atom. The van der Waals surface area contributed by atoms with Crippen LogP contribution in [0.25, 0.3) is 0 Å². The van der Waals surface area contributed by atoms with Crippen molar-refractivity contribution in [3.05, 3.63) is 23.2 Å². The Kier molecular flexibility index (Phi) is 3.34. The summed E-state index contributed by atoms with van der Waals surface area (Å²) < 4.78 is 36.3. The van der Waals surface area contributed by atoms with E-state index in [0.717, 1.165) is 4.90 Å². The summed E-state index contributed by atoms with van der Waals surface area (Å²) >= 11 is 5.70. The van der Waals surface area contributed by atoms with Gasteiger partial charge in [-0.1, -0.05) is 17.7 Å². The molecule has 1 aromatic rings. The molecule has 0 unspecified atom stereocenters. The number of benzene rings is 1. The number of para-hydroxylation sites is 1. The summed E-state index contributed by atoms with van der Waals surface area (Å²) in [7, 11) is 1.31. The maximum absolute atomic E-state index is 12.1. The average Bonchev–Trinajstić information content (AvgIpc) is 2.06. The molecular weight excluding hydrogens is 229 g/mol. The van der Waals surface area contributed by atoms with Crippen LogP contribution in [-0.2, 0) is 0 Å². The molecule has 0 aromatic heterocycles. The monoisotopic (exact) mass is 238 g/mol. The van der Waals surface area contributed by atoms with E-state index in [-0.39, 0.29) is 16.4 Å². The number of rotatable bonds is 2. The van der Waals surface area contributed by atoms with Crippen molar-refractivity contribution in [1.82, 2.24) is 0 Å². The van der Waals surface area contributed by atoms with Gasteiger partial charge in [0.25, 0.3) is 0 Å². The second kappa shape index (κ2) is 4.18. The zero-order valence-corrected chi connectivity index (χ0v) is 8.73. The molecule has 0 aliphatic heterocycles. The van der Waals surface area contributed by atoms with Gasteiger partial charge in [0, 0.05) is 7.05 Å². The Bertz CT molecular complexity index is 352. The van der Waals surface area contributed by atoms with E-state index in [1.54, 1.807) is 6.07 Å². The van der Waals surface area contributed by atoms with Gasteiger partial charge >= 0.3 is 6.18 Å². The molecule has 0 amide bonds. The SMILES string of the molecule is CN(CC(F)(F)F)c1cccc(Cl)c1N. The number of alkyl halides is 3. The Balaban J connectivity index is 2.92. The Morgan fingerprint density at radius 2 is 2.00 bits per heavy atom. The number of halogens is 4. The van der Waals surface area contributed by atoms with Gasteiger partial charge in [-0.25, -0.2) is 0 Å². The van der Waals surface area contributed by atoms with Crippen molar-refractivity contribution in [3.8, 4) is 0 Å². The summed E-state index contributed by atoms with van der Waals surface area (Å²) in [6, 6.07) is 4.58. The molecule has 84 valence electrons. The predicted octanol–water partition coefficient (Wildman–Crippen LogP) is 2.92. The highest BCUT2D eigenvalue weighted by atomic mass is 35.5. The minimum atomic E-state index is -4.26. The van der Waals surface area contributed by atoms with E-state index in [1.165, 1.54) is 19.2 Å². The third-order valence-electron chi connectivity index (χ3n) is 1.86. The van der Waals surface area contributed by atoms with E-state index >= 15 is 0 Å².